The molecule has 0 aliphatic carbocycles. The average Bonchev–Trinajstić information content (AvgIpc) is 2.03. The Kier molecular flexibility index (Phi) is 6.13. The maximum atomic E-state index is 5.48. The third kappa shape index (κ3) is 3.87. The molecule has 5 heteroatoms. The van der Waals surface area contributed by atoms with Crippen LogP contribution in [0.25, 0.3) is 0 Å². The smallest absolute Gasteiger partial charge is 0.377 e. The number of alkyl halides is 1. The Morgan fingerprint density at radius 2 is 1.75 bits per heavy atom. The molecule has 0 aromatic rings. The van der Waals surface area contributed by atoms with Crippen LogP contribution in [-0.2, 0) is 13.3 Å². The van der Waals surface area contributed by atoms with Gasteiger partial charge in [-0.2, -0.15) is 0 Å². The van der Waals surface area contributed by atoms with Crippen LogP contribution in [0, 0.1) is 5.92 Å². The Morgan fingerprint density at radius 3 is 2.00 bits per heavy atom. The number of rotatable bonds is 6. The molecule has 0 radical (unpaired) electrons. The van der Waals surface area contributed by atoms with Crippen LogP contribution in [0.2, 0.25) is 6.04 Å². The minimum absolute atomic E-state index is 0.126. The van der Waals surface area contributed by atoms with Crippen molar-refractivity contribution in [1.29, 1.82) is 0 Å². The second kappa shape index (κ2) is 5.94. The summed E-state index contributed by atoms with van der Waals surface area (Å²) in [6.45, 7) is 4.19. The average molecular weight is 213 g/mol. The standard InChI is InChI=1S/C7H17ClO3Si/c1-7(2)5-12(9-3,10-4)11-6-8/h7H,5-6H2,1-4H3. The molecule has 0 fully saturated rings. The summed E-state index contributed by atoms with van der Waals surface area (Å²) in [5.41, 5.74) is 0. The molecular formula is C7H17ClO3Si. The van der Waals surface area contributed by atoms with Crippen LogP contribution in [-0.4, -0.2) is 29.1 Å². The second-order valence-corrected chi connectivity index (χ2v) is 6.04. The first-order chi connectivity index (χ1) is 5.60. The predicted molar refractivity (Wildman–Crippen MR) is 51.2 cm³/mol. The summed E-state index contributed by atoms with van der Waals surface area (Å²) in [4.78, 5) is 0. The molecule has 0 saturated carbocycles. The van der Waals surface area contributed by atoms with Crippen molar-refractivity contribution in [3.63, 3.8) is 0 Å². The summed E-state index contributed by atoms with van der Waals surface area (Å²) in [6, 6.07) is 0.924. The van der Waals surface area contributed by atoms with E-state index in [1.54, 1.807) is 14.2 Å². The van der Waals surface area contributed by atoms with Crippen LogP contribution in [0.5, 0.6) is 0 Å². The van der Waals surface area contributed by atoms with Crippen molar-refractivity contribution in [1.82, 2.24) is 0 Å². The molecule has 0 aliphatic rings. The van der Waals surface area contributed by atoms with Gasteiger partial charge < -0.3 is 13.3 Å². The van der Waals surface area contributed by atoms with Gasteiger partial charge in [0.25, 0.3) is 0 Å². The van der Waals surface area contributed by atoms with E-state index in [0.717, 1.165) is 6.04 Å². The van der Waals surface area contributed by atoms with Gasteiger partial charge in [-0.15, -0.1) is 0 Å². The molecule has 0 saturated heterocycles. The largest absolute Gasteiger partial charge is 0.501 e. The quantitative estimate of drug-likeness (QED) is 0.499. The molecule has 0 N–H and O–H groups in total. The van der Waals surface area contributed by atoms with E-state index in [0.29, 0.717) is 5.92 Å². The molecule has 0 unspecified atom stereocenters. The number of hydrogen-bond donors (Lipinski definition) is 0. The third-order valence-corrected chi connectivity index (χ3v) is 4.99. The van der Waals surface area contributed by atoms with Crippen molar-refractivity contribution in [2.24, 2.45) is 5.92 Å². The van der Waals surface area contributed by atoms with Crippen LogP contribution in [0.3, 0.4) is 0 Å². The predicted octanol–water partition coefficient (Wildman–Crippen LogP) is 2.09. The maximum Gasteiger partial charge on any atom is 0.501 e. The highest BCUT2D eigenvalue weighted by Crippen LogP contribution is 2.19. The first-order valence-electron chi connectivity index (χ1n) is 3.90. The molecule has 0 rings (SSSR count). The van der Waals surface area contributed by atoms with Crippen molar-refractivity contribution in [2.75, 3.05) is 20.3 Å². The van der Waals surface area contributed by atoms with Crippen LogP contribution < -0.4 is 0 Å². The molecule has 3 nitrogen and oxygen atoms in total. The topological polar surface area (TPSA) is 27.7 Å². The summed E-state index contributed by atoms with van der Waals surface area (Å²) in [7, 11) is 0.765. The van der Waals surface area contributed by atoms with Crippen molar-refractivity contribution < 1.29 is 13.3 Å². The van der Waals surface area contributed by atoms with E-state index in [1.165, 1.54) is 0 Å². The van der Waals surface area contributed by atoms with Crippen molar-refractivity contribution in [2.45, 2.75) is 19.9 Å². The molecule has 12 heavy (non-hydrogen) atoms. The normalized spacial score (nSPS) is 12.5. The third-order valence-electron chi connectivity index (χ3n) is 1.55. The van der Waals surface area contributed by atoms with Crippen LogP contribution >= 0.6 is 11.6 Å². The van der Waals surface area contributed by atoms with E-state index in [1.807, 2.05) is 0 Å². The van der Waals surface area contributed by atoms with E-state index in [4.69, 9.17) is 24.9 Å². The highest BCUT2D eigenvalue weighted by atomic mass is 35.5. The van der Waals surface area contributed by atoms with Crippen LogP contribution in [0.15, 0.2) is 0 Å². The SMILES string of the molecule is CO[Si](CC(C)C)(OC)OCCl. The Labute approximate surface area is 80.3 Å². The van der Waals surface area contributed by atoms with Gasteiger partial charge in [0, 0.05) is 20.3 Å². The fourth-order valence-corrected chi connectivity index (χ4v) is 3.53. The Hall–Kier alpha value is 0.387. The van der Waals surface area contributed by atoms with Gasteiger partial charge in [-0.25, -0.2) is 0 Å². The summed E-state index contributed by atoms with van der Waals surface area (Å²) < 4.78 is 15.8. The van der Waals surface area contributed by atoms with Gasteiger partial charge in [0.15, 0.2) is 0 Å². The zero-order valence-corrected chi connectivity index (χ0v) is 9.85. The van der Waals surface area contributed by atoms with Gasteiger partial charge in [0.1, 0.15) is 6.07 Å². The lowest BCUT2D eigenvalue weighted by Gasteiger charge is -2.26. The molecule has 74 valence electrons. The highest BCUT2D eigenvalue weighted by molar-refractivity contribution is 6.61. The lowest BCUT2D eigenvalue weighted by molar-refractivity contribution is 0.112. The molecule has 0 aromatic carbocycles. The van der Waals surface area contributed by atoms with Gasteiger partial charge in [0.05, 0.1) is 0 Å². The molecule has 0 amide bonds. The van der Waals surface area contributed by atoms with Gasteiger partial charge in [-0.3, -0.25) is 0 Å². The zero-order valence-electron chi connectivity index (χ0n) is 8.09. The maximum absolute atomic E-state index is 5.48. The molecule has 0 aliphatic heterocycles. The zero-order chi connectivity index (χ0) is 9.61. The number of halogens is 1. The fourth-order valence-electron chi connectivity index (χ4n) is 1.01. The molecule has 0 heterocycles. The van der Waals surface area contributed by atoms with Crippen LogP contribution in [0.4, 0.5) is 0 Å². The molecule has 0 atom stereocenters. The minimum atomic E-state index is -2.44. The fraction of sp³-hybridized carbons (Fsp3) is 1.00. The minimum Gasteiger partial charge on any atom is -0.377 e. The van der Waals surface area contributed by atoms with E-state index >= 15 is 0 Å². The first kappa shape index (κ1) is 12.4. The molecular weight excluding hydrogens is 196 g/mol. The Bertz CT molecular complexity index is 117. The Morgan fingerprint density at radius 1 is 1.25 bits per heavy atom. The van der Waals surface area contributed by atoms with Gasteiger partial charge >= 0.3 is 8.80 Å². The molecule has 0 bridgehead atoms. The lowest BCUT2D eigenvalue weighted by Crippen LogP contribution is -2.44. The summed E-state index contributed by atoms with van der Waals surface area (Å²) in [5.74, 6) is 0.486. The van der Waals surface area contributed by atoms with Gasteiger partial charge in [-0.05, 0) is 5.92 Å². The van der Waals surface area contributed by atoms with Gasteiger partial charge in [-0.1, -0.05) is 25.4 Å². The van der Waals surface area contributed by atoms with Crippen LogP contribution in [0.1, 0.15) is 13.8 Å². The molecule has 0 spiro atoms. The van der Waals surface area contributed by atoms with E-state index < -0.39 is 8.80 Å². The highest BCUT2D eigenvalue weighted by Gasteiger charge is 2.39. The van der Waals surface area contributed by atoms with Crippen molar-refractivity contribution in [3.05, 3.63) is 0 Å². The second-order valence-electron chi connectivity index (χ2n) is 2.94. The molecule has 0 aromatic heterocycles. The summed E-state index contributed by atoms with van der Waals surface area (Å²) >= 11 is 5.48. The van der Waals surface area contributed by atoms with Crippen molar-refractivity contribution in [3.8, 4) is 0 Å². The van der Waals surface area contributed by atoms with Gasteiger partial charge in [0.2, 0.25) is 0 Å². The van der Waals surface area contributed by atoms with E-state index in [2.05, 4.69) is 13.8 Å². The van der Waals surface area contributed by atoms with Crippen molar-refractivity contribution >= 4 is 20.4 Å². The van der Waals surface area contributed by atoms with E-state index in [9.17, 15) is 0 Å². The summed E-state index contributed by atoms with van der Waals surface area (Å²) in [5, 5.41) is 0. The first-order valence-corrected chi connectivity index (χ1v) is 6.37. The summed E-state index contributed by atoms with van der Waals surface area (Å²) in [6.07, 6.45) is 0. The van der Waals surface area contributed by atoms with E-state index in [-0.39, 0.29) is 6.07 Å². The lowest BCUT2D eigenvalue weighted by atomic mass is 10.3. The monoisotopic (exact) mass is 212 g/mol. The Balaban J connectivity index is 4.13. The number of hydrogen-bond acceptors (Lipinski definition) is 3.